The molecule has 0 spiro atoms. The van der Waals surface area contributed by atoms with Crippen LogP contribution in [0.5, 0.6) is 0 Å². The Hall–Kier alpha value is -3.14. The third kappa shape index (κ3) is 4.85. The van der Waals surface area contributed by atoms with E-state index >= 15 is 0 Å². The van der Waals surface area contributed by atoms with Gasteiger partial charge in [-0.05, 0) is 42.8 Å². The first kappa shape index (κ1) is 22.1. The Bertz CT molecular complexity index is 1280. The lowest BCUT2D eigenvalue weighted by atomic mass is 10.1. The van der Waals surface area contributed by atoms with Gasteiger partial charge in [0, 0.05) is 49.5 Å². The summed E-state index contributed by atoms with van der Waals surface area (Å²) in [5.41, 5.74) is 0.923. The lowest BCUT2D eigenvalue weighted by Crippen LogP contribution is -2.29. The largest absolute Gasteiger partial charge is 0.356 e. The molecule has 0 unspecified atom stereocenters. The smallest absolute Gasteiger partial charge is 0.259 e. The summed E-state index contributed by atoms with van der Waals surface area (Å²) in [4.78, 5) is 23.7. The van der Waals surface area contributed by atoms with Crippen LogP contribution in [-0.4, -0.2) is 49.6 Å². The zero-order valence-electron chi connectivity index (χ0n) is 17.4. The van der Waals surface area contributed by atoms with Crippen molar-refractivity contribution >= 4 is 38.3 Å². The van der Waals surface area contributed by atoms with Crippen LogP contribution in [0.2, 0.25) is 0 Å². The summed E-state index contributed by atoms with van der Waals surface area (Å²) in [6.07, 6.45) is 2.39. The Morgan fingerprint density at radius 1 is 1.12 bits per heavy atom. The number of alkyl halides is 2. The highest BCUT2D eigenvalue weighted by Gasteiger charge is 2.33. The van der Waals surface area contributed by atoms with Crippen LogP contribution in [0.1, 0.15) is 29.6 Å². The van der Waals surface area contributed by atoms with Gasteiger partial charge in [0.05, 0.1) is 10.5 Å². The molecular weight excluding hydrogens is 438 g/mol. The molecule has 2 aromatic heterocycles. The second kappa shape index (κ2) is 8.42. The van der Waals surface area contributed by atoms with E-state index in [-0.39, 0.29) is 42.1 Å². The number of amides is 1. The van der Waals surface area contributed by atoms with Gasteiger partial charge in [-0.15, -0.1) is 0 Å². The van der Waals surface area contributed by atoms with Gasteiger partial charge in [-0.2, -0.15) is 0 Å². The van der Waals surface area contributed by atoms with Crippen LogP contribution in [0, 0.1) is 0 Å². The van der Waals surface area contributed by atoms with Crippen molar-refractivity contribution in [3.05, 3.63) is 54.2 Å². The molecule has 0 aliphatic carbocycles. The molecule has 7 nitrogen and oxygen atoms in total. The number of nitrogens with zero attached hydrogens (tertiary/aromatic N) is 3. The minimum atomic E-state index is -3.45. The Labute approximate surface area is 184 Å². The fourth-order valence-corrected chi connectivity index (χ4v) is 4.35. The van der Waals surface area contributed by atoms with Gasteiger partial charge in [-0.3, -0.25) is 4.79 Å². The van der Waals surface area contributed by atoms with Crippen molar-refractivity contribution < 1.29 is 22.0 Å². The van der Waals surface area contributed by atoms with Crippen LogP contribution < -0.4 is 10.2 Å². The Kier molecular flexibility index (Phi) is 5.81. The summed E-state index contributed by atoms with van der Waals surface area (Å²) in [5.74, 6) is -2.98. The van der Waals surface area contributed by atoms with E-state index in [9.17, 15) is 22.0 Å². The van der Waals surface area contributed by atoms with Crippen LogP contribution in [-0.2, 0) is 9.84 Å². The topological polar surface area (TPSA) is 92.3 Å². The molecule has 4 rings (SSSR count). The first-order chi connectivity index (χ1) is 15.1. The molecule has 1 aliphatic heterocycles. The van der Waals surface area contributed by atoms with Crippen LogP contribution in [0.4, 0.5) is 20.3 Å². The van der Waals surface area contributed by atoms with E-state index in [0.717, 1.165) is 6.26 Å². The van der Waals surface area contributed by atoms with Gasteiger partial charge in [0.15, 0.2) is 15.5 Å². The number of carbonyl (C=O) groups excluding carboxylic acids is 1. The van der Waals surface area contributed by atoms with Gasteiger partial charge in [0.25, 0.3) is 5.91 Å². The van der Waals surface area contributed by atoms with E-state index < -0.39 is 21.7 Å². The van der Waals surface area contributed by atoms with E-state index in [1.807, 2.05) is 0 Å². The molecule has 32 heavy (non-hydrogen) atoms. The van der Waals surface area contributed by atoms with Gasteiger partial charge in [-0.25, -0.2) is 27.2 Å². The quantitative estimate of drug-likeness (QED) is 0.635. The fraction of sp³-hybridized carbons (Fsp3) is 0.318. The van der Waals surface area contributed by atoms with E-state index in [1.165, 1.54) is 18.2 Å². The standard InChI is InChI=1S/C22H22F2N4O3S/c1-32(30,31)17-7-2-6-16(14-17)26-21(29)18-13-15-5-3-10-25-19(15)27-20(18)28-11-4-8-22(23,24)9-12-28/h2-3,5-7,10,13-14H,4,8-9,11-12H2,1H3,(H,26,29). The minimum absolute atomic E-state index is 0.0577. The Morgan fingerprint density at radius 2 is 1.94 bits per heavy atom. The number of hydrogen-bond donors (Lipinski definition) is 1. The first-order valence-corrected chi connectivity index (χ1v) is 12.0. The molecule has 1 saturated heterocycles. The number of sulfone groups is 1. The molecule has 0 atom stereocenters. The molecule has 10 heteroatoms. The number of hydrogen-bond acceptors (Lipinski definition) is 6. The lowest BCUT2D eigenvalue weighted by molar-refractivity contribution is -0.0102. The van der Waals surface area contributed by atoms with Crippen LogP contribution in [0.15, 0.2) is 53.6 Å². The number of aromatic nitrogens is 2. The Morgan fingerprint density at radius 3 is 2.72 bits per heavy atom. The molecule has 0 saturated carbocycles. The Balaban J connectivity index is 1.72. The normalized spacial score (nSPS) is 16.5. The second-order valence-electron chi connectivity index (χ2n) is 7.86. The predicted octanol–water partition coefficient (Wildman–Crippen LogP) is 3.91. The number of anilines is 2. The van der Waals surface area contributed by atoms with Crippen LogP contribution in [0.3, 0.4) is 0 Å². The maximum Gasteiger partial charge on any atom is 0.259 e. The molecule has 1 aliphatic rings. The molecule has 3 heterocycles. The summed E-state index contributed by atoms with van der Waals surface area (Å²) < 4.78 is 51.5. The summed E-state index contributed by atoms with van der Waals surface area (Å²) in [7, 11) is -3.45. The van der Waals surface area contributed by atoms with Gasteiger partial charge >= 0.3 is 0 Å². The maximum atomic E-state index is 13.9. The van der Waals surface area contributed by atoms with Gasteiger partial charge in [0.2, 0.25) is 5.92 Å². The summed E-state index contributed by atoms with van der Waals surface area (Å²) in [6.45, 7) is 0.396. The monoisotopic (exact) mass is 460 g/mol. The zero-order valence-corrected chi connectivity index (χ0v) is 18.2. The average molecular weight is 461 g/mol. The number of pyridine rings is 2. The highest BCUT2D eigenvalue weighted by atomic mass is 32.2. The molecule has 1 aromatic carbocycles. The highest BCUT2D eigenvalue weighted by molar-refractivity contribution is 7.90. The number of benzene rings is 1. The molecule has 0 bridgehead atoms. The SMILES string of the molecule is CS(=O)(=O)c1cccc(NC(=O)c2cc3cccnc3nc2N2CCCC(F)(F)CC2)c1. The first-order valence-electron chi connectivity index (χ1n) is 10.1. The number of nitrogens with one attached hydrogen (secondary N) is 1. The van der Waals surface area contributed by atoms with Gasteiger partial charge in [0.1, 0.15) is 5.82 Å². The van der Waals surface area contributed by atoms with Crippen molar-refractivity contribution in [3.63, 3.8) is 0 Å². The van der Waals surface area contributed by atoms with Crippen LogP contribution in [0.25, 0.3) is 11.0 Å². The van der Waals surface area contributed by atoms with Crippen molar-refractivity contribution in [1.82, 2.24) is 9.97 Å². The molecule has 1 N–H and O–H groups in total. The summed E-state index contributed by atoms with van der Waals surface area (Å²) >= 11 is 0. The van der Waals surface area contributed by atoms with Gasteiger partial charge in [-0.1, -0.05) is 6.07 Å². The number of halogens is 2. The van der Waals surface area contributed by atoms with Crippen molar-refractivity contribution in [2.75, 3.05) is 29.6 Å². The van der Waals surface area contributed by atoms with Crippen molar-refractivity contribution in [3.8, 4) is 0 Å². The molecule has 1 fully saturated rings. The average Bonchev–Trinajstić information content (AvgIpc) is 2.92. The second-order valence-corrected chi connectivity index (χ2v) is 9.88. The number of carbonyl (C=O) groups is 1. The highest BCUT2D eigenvalue weighted by Crippen LogP contribution is 2.32. The van der Waals surface area contributed by atoms with E-state index in [1.54, 1.807) is 35.4 Å². The molecule has 3 aromatic rings. The number of rotatable bonds is 4. The molecule has 168 valence electrons. The minimum Gasteiger partial charge on any atom is -0.356 e. The predicted molar refractivity (Wildman–Crippen MR) is 118 cm³/mol. The van der Waals surface area contributed by atoms with E-state index in [2.05, 4.69) is 15.3 Å². The molecule has 0 radical (unpaired) electrons. The maximum absolute atomic E-state index is 13.9. The third-order valence-corrected chi connectivity index (χ3v) is 6.46. The molecular formula is C22H22F2N4O3S. The summed E-state index contributed by atoms with van der Waals surface area (Å²) in [5, 5.41) is 3.34. The van der Waals surface area contributed by atoms with E-state index in [0.29, 0.717) is 23.3 Å². The molecule has 1 amide bonds. The lowest BCUT2D eigenvalue weighted by Gasteiger charge is -2.24. The van der Waals surface area contributed by atoms with Crippen molar-refractivity contribution in [2.45, 2.75) is 30.1 Å². The zero-order chi connectivity index (χ0) is 22.9. The van der Waals surface area contributed by atoms with Crippen molar-refractivity contribution in [2.24, 2.45) is 0 Å². The van der Waals surface area contributed by atoms with E-state index in [4.69, 9.17) is 0 Å². The third-order valence-electron chi connectivity index (χ3n) is 5.35. The fourth-order valence-electron chi connectivity index (χ4n) is 3.68. The van der Waals surface area contributed by atoms with Gasteiger partial charge < -0.3 is 10.2 Å². The van der Waals surface area contributed by atoms with Crippen molar-refractivity contribution in [1.29, 1.82) is 0 Å². The summed E-state index contributed by atoms with van der Waals surface area (Å²) in [6, 6.07) is 11.0. The van der Waals surface area contributed by atoms with Crippen LogP contribution >= 0.6 is 0 Å². The number of fused-ring (bicyclic) bond motifs is 1.